The van der Waals surface area contributed by atoms with Gasteiger partial charge >= 0.3 is 0 Å². The fraction of sp³-hybridized carbons (Fsp3) is 0.286. The quantitative estimate of drug-likeness (QED) is 0.725. The summed E-state index contributed by atoms with van der Waals surface area (Å²) in [5, 5.41) is 4.43. The van der Waals surface area contributed by atoms with Crippen LogP contribution in [0.5, 0.6) is 0 Å². The van der Waals surface area contributed by atoms with Crippen LogP contribution in [0.15, 0.2) is 59.6 Å². The molecule has 0 aliphatic carbocycles. The van der Waals surface area contributed by atoms with Crippen molar-refractivity contribution in [3.63, 3.8) is 0 Å². The molecule has 1 N–H and O–H groups in total. The van der Waals surface area contributed by atoms with Gasteiger partial charge in [0.2, 0.25) is 10.0 Å². The summed E-state index contributed by atoms with van der Waals surface area (Å²) < 4.78 is 27.1. The van der Waals surface area contributed by atoms with Crippen LogP contribution >= 0.6 is 0 Å². The first kappa shape index (κ1) is 17.9. The maximum absolute atomic E-state index is 12.8. The maximum atomic E-state index is 12.8. The molecule has 27 heavy (non-hydrogen) atoms. The molecule has 1 fully saturated rings. The largest absolute Gasteiger partial charge is 0.355 e. The summed E-state index contributed by atoms with van der Waals surface area (Å²) in [5.74, 6) is 0. The Morgan fingerprint density at radius 2 is 1.70 bits per heavy atom. The molecular weight excluding hydrogens is 358 g/mol. The van der Waals surface area contributed by atoms with Crippen molar-refractivity contribution in [3.8, 4) is 0 Å². The lowest BCUT2D eigenvalue weighted by Gasteiger charge is -2.25. The van der Waals surface area contributed by atoms with Gasteiger partial charge in [-0.05, 0) is 55.7 Å². The summed E-state index contributed by atoms with van der Waals surface area (Å²) in [7, 11) is -3.40. The van der Waals surface area contributed by atoms with Gasteiger partial charge in [0.05, 0.1) is 10.4 Å². The molecule has 0 radical (unpaired) electrons. The molecule has 1 saturated heterocycles. The molecular formula is C21H23N3O2S. The van der Waals surface area contributed by atoms with Gasteiger partial charge in [0.15, 0.2) is 0 Å². The number of nitrogens with zero attached hydrogens (tertiary/aromatic N) is 2. The van der Waals surface area contributed by atoms with E-state index in [1.54, 1.807) is 22.6 Å². The van der Waals surface area contributed by atoms with Crippen molar-refractivity contribution in [1.82, 2.24) is 9.29 Å². The van der Waals surface area contributed by atoms with Crippen LogP contribution in [0, 0.1) is 6.92 Å². The second kappa shape index (κ2) is 7.29. The van der Waals surface area contributed by atoms with E-state index in [4.69, 9.17) is 0 Å². The molecule has 2 heterocycles. The second-order valence-electron chi connectivity index (χ2n) is 6.94. The van der Waals surface area contributed by atoms with Gasteiger partial charge in [0.25, 0.3) is 0 Å². The van der Waals surface area contributed by atoms with Gasteiger partial charge < -0.3 is 5.32 Å². The van der Waals surface area contributed by atoms with Gasteiger partial charge in [-0.1, -0.05) is 24.6 Å². The Bertz CT molecular complexity index is 1060. The lowest BCUT2D eigenvalue weighted by atomic mass is 10.1. The minimum atomic E-state index is -3.40. The molecule has 0 saturated carbocycles. The number of benzene rings is 2. The molecule has 0 spiro atoms. The predicted octanol–water partition coefficient (Wildman–Crippen LogP) is 4.46. The highest BCUT2D eigenvalue weighted by Crippen LogP contribution is 2.28. The SMILES string of the molecule is Cc1cccc2c(Nc3ccc(S(=O)(=O)N4CCCCC4)cc3)ccnc12. The van der Waals surface area contributed by atoms with Crippen molar-refractivity contribution in [2.45, 2.75) is 31.1 Å². The number of nitrogens with one attached hydrogen (secondary N) is 1. The van der Waals surface area contributed by atoms with E-state index < -0.39 is 10.0 Å². The normalized spacial score (nSPS) is 15.7. The predicted molar refractivity (Wildman–Crippen MR) is 109 cm³/mol. The number of para-hydroxylation sites is 1. The molecule has 3 aromatic rings. The van der Waals surface area contributed by atoms with E-state index in [-0.39, 0.29) is 0 Å². The number of fused-ring (bicyclic) bond motifs is 1. The highest BCUT2D eigenvalue weighted by Gasteiger charge is 2.25. The van der Waals surface area contributed by atoms with E-state index in [1.165, 1.54) is 0 Å². The Kier molecular flexibility index (Phi) is 4.85. The van der Waals surface area contributed by atoms with Crippen LogP contribution in [-0.4, -0.2) is 30.8 Å². The summed E-state index contributed by atoms with van der Waals surface area (Å²) in [6, 6.07) is 15.0. The third-order valence-corrected chi connectivity index (χ3v) is 6.97. The Morgan fingerprint density at radius 3 is 2.44 bits per heavy atom. The van der Waals surface area contributed by atoms with E-state index in [0.717, 1.165) is 47.1 Å². The standard InChI is InChI=1S/C21H23N3O2S/c1-16-6-5-7-19-20(12-13-22-21(16)19)23-17-8-10-18(11-9-17)27(25,26)24-14-3-2-4-15-24/h5-13H,2-4,14-15H2,1H3,(H,22,23). The molecule has 6 heteroatoms. The fourth-order valence-electron chi connectivity index (χ4n) is 3.55. The zero-order valence-corrected chi connectivity index (χ0v) is 16.2. The molecule has 140 valence electrons. The van der Waals surface area contributed by atoms with Gasteiger partial charge in [0.1, 0.15) is 0 Å². The first-order valence-corrected chi connectivity index (χ1v) is 10.7. The average Bonchev–Trinajstić information content (AvgIpc) is 2.70. The first-order chi connectivity index (χ1) is 13.1. The van der Waals surface area contributed by atoms with Crippen molar-refractivity contribution in [1.29, 1.82) is 0 Å². The monoisotopic (exact) mass is 381 g/mol. The van der Waals surface area contributed by atoms with Gasteiger partial charge in [-0.25, -0.2) is 8.42 Å². The van der Waals surface area contributed by atoms with Gasteiger partial charge in [-0.2, -0.15) is 4.31 Å². The van der Waals surface area contributed by atoms with Crippen LogP contribution in [0.1, 0.15) is 24.8 Å². The van der Waals surface area contributed by atoms with Gasteiger partial charge in [-0.15, -0.1) is 0 Å². The lowest BCUT2D eigenvalue weighted by molar-refractivity contribution is 0.346. The van der Waals surface area contributed by atoms with Crippen molar-refractivity contribution in [3.05, 3.63) is 60.3 Å². The smallest absolute Gasteiger partial charge is 0.243 e. The summed E-state index contributed by atoms with van der Waals surface area (Å²) in [6.07, 6.45) is 4.77. The Balaban J connectivity index is 1.59. The van der Waals surface area contributed by atoms with Crippen LogP contribution < -0.4 is 5.32 Å². The maximum Gasteiger partial charge on any atom is 0.243 e. The molecule has 0 atom stereocenters. The number of aryl methyl sites for hydroxylation is 1. The average molecular weight is 382 g/mol. The van der Waals surface area contributed by atoms with E-state index in [0.29, 0.717) is 18.0 Å². The zero-order chi connectivity index (χ0) is 18.9. The number of anilines is 2. The first-order valence-electron chi connectivity index (χ1n) is 9.27. The third kappa shape index (κ3) is 3.55. The fourth-order valence-corrected chi connectivity index (χ4v) is 5.07. The van der Waals surface area contributed by atoms with E-state index in [2.05, 4.69) is 10.3 Å². The minimum absolute atomic E-state index is 0.352. The van der Waals surface area contributed by atoms with Crippen LogP contribution in [0.25, 0.3) is 10.9 Å². The van der Waals surface area contributed by atoms with Gasteiger partial charge in [0, 0.05) is 36.0 Å². The molecule has 1 aliphatic rings. The summed E-state index contributed by atoms with van der Waals surface area (Å²) in [6.45, 7) is 3.27. The Morgan fingerprint density at radius 1 is 0.963 bits per heavy atom. The Hall–Kier alpha value is -2.44. The summed E-state index contributed by atoms with van der Waals surface area (Å²) in [5.41, 5.74) is 3.89. The topological polar surface area (TPSA) is 62.3 Å². The number of aromatic nitrogens is 1. The molecule has 1 aliphatic heterocycles. The highest BCUT2D eigenvalue weighted by atomic mass is 32.2. The summed E-state index contributed by atoms with van der Waals surface area (Å²) in [4.78, 5) is 4.81. The number of piperidine rings is 1. The summed E-state index contributed by atoms with van der Waals surface area (Å²) >= 11 is 0. The number of pyridine rings is 1. The van der Waals surface area contributed by atoms with Crippen molar-refractivity contribution in [2.24, 2.45) is 0 Å². The second-order valence-corrected chi connectivity index (χ2v) is 8.88. The highest BCUT2D eigenvalue weighted by molar-refractivity contribution is 7.89. The van der Waals surface area contributed by atoms with Crippen molar-refractivity contribution < 1.29 is 8.42 Å². The van der Waals surface area contributed by atoms with E-state index in [9.17, 15) is 8.42 Å². The van der Waals surface area contributed by atoms with E-state index >= 15 is 0 Å². The van der Waals surface area contributed by atoms with Crippen LogP contribution in [-0.2, 0) is 10.0 Å². The molecule has 2 aromatic carbocycles. The number of hydrogen-bond donors (Lipinski definition) is 1. The number of hydrogen-bond acceptors (Lipinski definition) is 4. The van der Waals surface area contributed by atoms with Crippen LogP contribution in [0.3, 0.4) is 0 Å². The molecule has 0 bridgehead atoms. The number of sulfonamides is 1. The number of rotatable bonds is 4. The third-order valence-electron chi connectivity index (χ3n) is 5.06. The Labute approximate surface area is 160 Å². The van der Waals surface area contributed by atoms with Crippen molar-refractivity contribution in [2.75, 3.05) is 18.4 Å². The molecule has 5 nitrogen and oxygen atoms in total. The van der Waals surface area contributed by atoms with Crippen LogP contribution in [0.4, 0.5) is 11.4 Å². The van der Waals surface area contributed by atoms with Crippen LogP contribution in [0.2, 0.25) is 0 Å². The lowest BCUT2D eigenvalue weighted by Crippen LogP contribution is -2.35. The molecule has 0 unspecified atom stereocenters. The van der Waals surface area contributed by atoms with Gasteiger partial charge in [-0.3, -0.25) is 4.98 Å². The molecule has 4 rings (SSSR count). The van der Waals surface area contributed by atoms with E-state index in [1.807, 2.05) is 43.3 Å². The van der Waals surface area contributed by atoms with Crippen molar-refractivity contribution >= 4 is 32.3 Å². The minimum Gasteiger partial charge on any atom is -0.355 e. The zero-order valence-electron chi connectivity index (χ0n) is 15.4. The molecule has 1 aromatic heterocycles. The molecule has 0 amide bonds.